The second kappa shape index (κ2) is 5.96. The van der Waals surface area contributed by atoms with E-state index in [1.54, 1.807) is 18.3 Å². The minimum atomic E-state index is -0.213. The topological polar surface area (TPSA) is 16.1 Å². The fraction of sp³-hybridized carbons (Fsp3) is 0.214. The maximum atomic E-state index is 13.2. The van der Waals surface area contributed by atoms with E-state index in [0.717, 1.165) is 22.4 Å². The highest BCUT2D eigenvalue weighted by atomic mass is 79.9. The average Bonchev–Trinajstić information content (AvgIpc) is 2.38. The average molecular weight is 309 g/mol. The number of halogens is 2. The van der Waals surface area contributed by atoms with Crippen LogP contribution in [0.1, 0.15) is 12.6 Å². The molecule has 18 heavy (non-hydrogen) atoms. The van der Waals surface area contributed by atoms with Gasteiger partial charge in [-0.15, -0.1) is 0 Å². The van der Waals surface area contributed by atoms with E-state index in [1.807, 2.05) is 25.1 Å². The number of nitrogens with zero attached hydrogens (tertiary/aromatic N) is 2. The third kappa shape index (κ3) is 3.29. The van der Waals surface area contributed by atoms with E-state index >= 15 is 0 Å². The lowest BCUT2D eigenvalue weighted by molar-refractivity contribution is 0.626. The van der Waals surface area contributed by atoms with Crippen molar-refractivity contribution in [1.82, 2.24) is 4.98 Å². The molecule has 2 nitrogen and oxygen atoms in total. The summed E-state index contributed by atoms with van der Waals surface area (Å²) >= 11 is 3.36. The SMILES string of the molecule is CCN(Cc1ccc(Br)cn1)c1cccc(F)c1. The van der Waals surface area contributed by atoms with Crippen LogP contribution < -0.4 is 4.90 Å². The first-order chi connectivity index (χ1) is 8.69. The molecule has 0 spiro atoms. The van der Waals surface area contributed by atoms with Crippen LogP contribution in [-0.2, 0) is 6.54 Å². The normalized spacial score (nSPS) is 10.4. The Morgan fingerprint density at radius 3 is 2.72 bits per heavy atom. The Morgan fingerprint density at radius 2 is 2.11 bits per heavy atom. The number of aromatic nitrogens is 1. The standard InChI is InChI=1S/C14H14BrFN2/c1-2-18(14-5-3-4-12(16)8-14)10-13-7-6-11(15)9-17-13/h3-9H,2,10H2,1H3. The quantitative estimate of drug-likeness (QED) is 0.848. The lowest BCUT2D eigenvalue weighted by Gasteiger charge is -2.22. The van der Waals surface area contributed by atoms with Gasteiger partial charge in [0, 0.05) is 22.9 Å². The molecule has 1 aromatic heterocycles. The van der Waals surface area contributed by atoms with Gasteiger partial charge in [0.05, 0.1) is 12.2 Å². The van der Waals surface area contributed by atoms with E-state index in [0.29, 0.717) is 6.54 Å². The van der Waals surface area contributed by atoms with Gasteiger partial charge >= 0.3 is 0 Å². The second-order valence-electron chi connectivity index (χ2n) is 3.96. The van der Waals surface area contributed by atoms with Crippen molar-refractivity contribution in [2.45, 2.75) is 13.5 Å². The zero-order valence-electron chi connectivity index (χ0n) is 10.1. The summed E-state index contributed by atoms with van der Waals surface area (Å²) in [7, 11) is 0. The molecule has 0 fully saturated rings. The smallest absolute Gasteiger partial charge is 0.125 e. The first kappa shape index (κ1) is 13.0. The van der Waals surface area contributed by atoms with Crippen molar-refractivity contribution < 1.29 is 4.39 Å². The highest BCUT2D eigenvalue weighted by Gasteiger charge is 2.06. The summed E-state index contributed by atoms with van der Waals surface area (Å²) < 4.78 is 14.2. The maximum Gasteiger partial charge on any atom is 0.125 e. The van der Waals surface area contributed by atoms with E-state index in [2.05, 4.69) is 25.8 Å². The van der Waals surface area contributed by atoms with Crippen LogP contribution in [0.25, 0.3) is 0 Å². The highest BCUT2D eigenvalue weighted by molar-refractivity contribution is 9.10. The molecule has 4 heteroatoms. The van der Waals surface area contributed by atoms with Gasteiger partial charge in [0.1, 0.15) is 5.82 Å². The predicted octanol–water partition coefficient (Wildman–Crippen LogP) is 4.01. The van der Waals surface area contributed by atoms with Crippen molar-refractivity contribution in [3.8, 4) is 0 Å². The van der Waals surface area contributed by atoms with Gasteiger partial charge in [-0.05, 0) is 53.2 Å². The van der Waals surface area contributed by atoms with E-state index in [4.69, 9.17) is 0 Å². The zero-order chi connectivity index (χ0) is 13.0. The minimum Gasteiger partial charge on any atom is -0.366 e. The van der Waals surface area contributed by atoms with Crippen molar-refractivity contribution in [1.29, 1.82) is 0 Å². The van der Waals surface area contributed by atoms with E-state index in [9.17, 15) is 4.39 Å². The molecule has 0 aliphatic rings. The largest absolute Gasteiger partial charge is 0.366 e. The molecule has 0 aliphatic heterocycles. The molecule has 0 aliphatic carbocycles. The summed E-state index contributed by atoms with van der Waals surface area (Å²) in [6.45, 7) is 3.53. The van der Waals surface area contributed by atoms with Gasteiger partial charge in [-0.2, -0.15) is 0 Å². The molecule has 94 valence electrons. The first-order valence-electron chi connectivity index (χ1n) is 5.80. The fourth-order valence-electron chi connectivity index (χ4n) is 1.75. The van der Waals surface area contributed by atoms with Crippen LogP contribution in [0.4, 0.5) is 10.1 Å². The van der Waals surface area contributed by atoms with Gasteiger partial charge in [0.2, 0.25) is 0 Å². The molecule has 2 rings (SSSR count). The second-order valence-corrected chi connectivity index (χ2v) is 4.88. The van der Waals surface area contributed by atoms with Gasteiger partial charge < -0.3 is 4.90 Å². The van der Waals surface area contributed by atoms with Crippen LogP contribution in [0, 0.1) is 5.82 Å². The molecule has 0 unspecified atom stereocenters. The molecule has 0 atom stereocenters. The maximum absolute atomic E-state index is 13.2. The molecule has 1 heterocycles. The van der Waals surface area contributed by atoms with E-state index in [1.165, 1.54) is 6.07 Å². The van der Waals surface area contributed by atoms with Crippen molar-refractivity contribution in [2.75, 3.05) is 11.4 Å². The molecule has 2 aromatic rings. The first-order valence-corrected chi connectivity index (χ1v) is 6.59. The molecule has 0 bridgehead atoms. The van der Waals surface area contributed by atoms with Crippen LogP contribution in [0.2, 0.25) is 0 Å². The Bertz CT molecular complexity index is 513. The lowest BCUT2D eigenvalue weighted by atomic mass is 10.2. The van der Waals surface area contributed by atoms with Crippen molar-refractivity contribution >= 4 is 21.6 Å². The number of pyridine rings is 1. The lowest BCUT2D eigenvalue weighted by Crippen LogP contribution is -2.22. The molecule has 0 amide bonds. The highest BCUT2D eigenvalue weighted by Crippen LogP contribution is 2.18. The monoisotopic (exact) mass is 308 g/mol. The zero-order valence-corrected chi connectivity index (χ0v) is 11.7. The summed E-state index contributed by atoms with van der Waals surface area (Å²) in [6.07, 6.45) is 1.77. The predicted molar refractivity (Wildman–Crippen MR) is 75.1 cm³/mol. The van der Waals surface area contributed by atoms with Crippen molar-refractivity contribution in [3.63, 3.8) is 0 Å². The minimum absolute atomic E-state index is 0.213. The van der Waals surface area contributed by atoms with Gasteiger partial charge in [-0.25, -0.2) is 4.39 Å². The van der Waals surface area contributed by atoms with Crippen LogP contribution in [0.15, 0.2) is 47.1 Å². The molecule has 0 N–H and O–H groups in total. The third-order valence-corrected chi connectivity index (χ3v) is 3.17. The molecular formula is C14H14BrFN2. The van der Waals surface area contributed by atoms with Crippen LogP contribution in [0.3, 0.4) is 0 Å². The summed E-state index contributed by atoms with van der Waals surface area (Å²) in [5.41, 5.74) is 1.84. The molecule has 0 radical (unpaired) electrons. The summed E-state index contributed by atoms with van der Waals surface area (Å²) in [6, 6.07) is 10.6. The number of hydrogen-bond donors (Lipinski definition) is 0. The third-order valence-electron chi connectivity index (χ3n) is 2.70. The Labute approximate surface area is 115 Å². The van der Waals surface area contributed by atoms with Gasteiger partial charge in [-0.1, -0.05) is 6.07 Å². The van der Waals surface area contributed by atoms with Crippen molar-refractivity contribution in [3.05, 3.63) is 58.6 Å². The van der Waals surface area contributed by atoms with Crippen LogP contribution >= 0.6 is 15.9 Å². The van der Waals surface area contributed by atoms with Gasteiger partial charge in [-0.3, -0.25) is 4.98 Å². The number of hydrogen-bond acceptors (Lipinski definition) is 2. The Kier molecular flexibility index (Phi) is 4.31. The summed E-state index contributed by atoms with van der Waals surface area (Å²) in [5.74, 6) is -0.213. The number of benzene rings is 1. The summed E-state index contributed by atoms with van der Waals surface area (Å²) in [4.78, 5) is 6.41. The number of rotatable bonds is 4. The van der Waals surface area contributed by atoms with Crippen LogP contribution in [0.5, 0.6) is 0 Å². The Hall–Kier alpha value is -1.42. The molecular weight excluding hydrogens is 295 g/mol. The molecule has 1 aromatic carbocycles. The van der Waals surface area contributed by atoms with E-state index in [-0.39, 0.29) is 5.82 Å². The summed E-state index contributed by atoms with van der Waals surface area (Å²) in [5, 5.41) is 0. The Balaban J connectivity index is 2.17. The Morgan fingerprint density at radius 1 is 1.28 bits per heavy atom. The molecule has 0 saturated heterocycles. The number of anilines is 1. The van der Waals surface area contributed by atoms with Gasteiger partial charge in [0.15, 0.2) is 0 Å². The van der Waals surface area contributed by atoms with E-state index < -0.39 is 0 Å². The van der Waals surface area contributed by atoms with Crippen molar-refractivity contribution in [2.24, 2.45) is 0 Å². The van der Waals surface area contributed by atoms with Crippen LogP contribution in [-0.4, -0.2) is 11.5 Å². The van der Waals surface area contributed by atoms with Gasteiger partial charge in [0.25, 0.3) is 0 Å². The molecule has 0 saturated carbocycles. The fourth-order valence-corrected chi connectivity index (χ4v) is 1.99.